The van der Waals surface area contributed by atoms with Crippen molar-refractivity contribution in [3.05, 3.63) is 70.8 Å². The molecule has 130 valence electrons. The van der Waals surface area contributed by atoms with E-state index in [-0.39, 0.29) is 6.10 Å². The van der Waals surface area contributed by atoms with Gasteiger partial charge in [0.25, 0.3) is 0 Å². The van der Waals surface area contributed by atoms with E-state index in [1.807, 2.05) is 0 Å². The van der Waals surface area contributed by atoms with Crippen LogP contribution in [0.15, 0.2) is 48.5 Å². The molecule has 3 aliphatic rings. The molecule has 0 radical (unpaired) electrons. The lowest BCUT2D eigenvalue weighted by atomic mass is 9.95. The third-order valence-electron chi connectivity index (χ3n) is 6.72. The lowest BCUT2D eigenvalue weighted by Crippen LogP contribution is -2.43. The maximum absolute atomic E-state index is 6.87. The molecule has 2 bridgehead atoms. The Morgan fingerprint density at radius 3 is 1.88 bits per heavy atom. The van der Waals surface area contributed by atoms with Crippen LogP contribution in [-0.4, -0.2) is 30.1 Å². The molecule has 0 aromatic heterocycles. The van der Waals surface area contributed by atoms with E-state index in [9.17, 15) is 0 Å². The van der Waals surface area contributed by atoms with Crippen LogP contribution >= 0.6 is 0 Å². The Bertz CT molecular complexity index is 709. The molecule has 2 nitrogen and oxygen atoms in total. The fraction of sp³-hybridized carbons (Fsp3) is 0.478. The van der Waals surface area contributed by atoms with Gasteiger partial charge in [0.15, 0.2) is 0 Å². The first-order valence-corrected chi connectivity index (χ1v) is 9.82. The second kappa shape index (κ2) is 6.26. The third-order valence-corrected chi connectivity index (χ3v) is 6.72. The molecule has 2 aromatic rings. The number of hydrogen-bond acceptors (Lipinski definition) is 2. The van der Waals surface area contributed by atoms with Gasteiger partial charge in [0, 0.05) is 12.1 Å². The fourth-order valence-electron chi connectivity index (χ4n) is 5.28. The minimum atomic E-state index is 0.0997. The Hall–Kier alpha value is -1.64. The summed E-state index contributed by atoms with van der Waals surface area (Å²) in [5.74, 6) is 0. The first-order chi connectivity index (χ1) is 12.3. The zero-order valence-corrected chi connectivity index (χ0v) is 15.0. The molecule has 0 amide bonds. The summed E-state index contributed by atoms with van der Waals surface area (Å²) in [5, 5.41) is 0. The number of nitrogens with zero attached hydrogens (tertiary/aromatic N) is 1. The largest absolute Gasteiger partial charge is 0.365 e. The Morgan fingerprint density at radius 2 is 1.32 bits per heavy atom. The van der Waals surface area contributed by atoms with Crippen LogP contribution < -0.4 is 0 Å². The zero-order chi connectivity index (χ0) is 16.8. The molecule has 0 N–H and O–H groups in total. The van der Waals surface area contributed by atoms with Gasteiger partial charge in [-0.2, -0.15) is 0 Å². The maximum atomic E-state index is 6.87. The first kappa shape index (κ1) is 15.6. The van der Waals surface area contributed by atoms with Crippen LogP contribution in [0.3, 0.4) is 0 Å². The van der Waals surface area contributed by atoms with Crippen LogP contribution in [0.1, 0.15) is 54.0 Å². The second-order valence-corrected chi connectivity index (χ2v) is 8.06. The van der Waals surface area contributed by atoms with Gasteiger partial charge in [-0.15, -0.1) is 0 Å². The quantitative estimate of drug-likeness (QED) is 0.801. The average molecular weight is 333 g/mol. The number of rotatable bonds is 2. The lowest BCUT2D eigenvalue weighted by molar-refractivity contribution is -0.0428. The summed E-state index contributed by atoms with van der Waals surface area (Å²) in [7, 11) is 2.30. The number of hydrogen-bond donors (Lipinski definition) is 0. The molecule has 2 heteroatoms. The Morgan fingerprint density at radius 1 is 0.800 bits per heavy atom. The van der Waals surface area contributed by atoms with Gasteiger partial charge in [-0.3, -0.25) is 0 Å². The Balaban J connectivity index is 1.50. The van der Waals surface area contributed by atoms with E-state index < -0.39 is 0 Å². The number of benzene rings is 2. The lowest BCUT2D eigenvalue weighted by Gasteiger charge is -2.38. The third kappa shape index (κ3) is 2.72. The topological polar surface area (TPSA) is 12.5 Å². The summed E-state index contributed by atoms with van der Waals surface area (Å²) in [4.78, 5) is 2.59. The molecule has 1 aliphatic carbocycles. The van der Waals surface area contributed by atoms with Crippen molar-refractivity contribution in [1.82, 2.24) is 4.90 Å². The summed E-state index contributed by atoms with van der Waals surface area (Å²) in [5.41, 5.74) is 5.69. The summed E-state index contributed by atoms with van der Waals surface area (Å²) in [6.45, 7) is 0. The summed E-state index contributed by atoms with van der Waals surface area (Å²) >= 11 is 0. The highest BCUT2D eigenvalue weighted by Crippen LogP contribution is 2.41. The molecular weight excluding hydrogens is 306 g/mol. The Kier molecular flexibility index (Phi) is 3.91. The normalized spacial score (nSPS) is 29.1. The van der Waals surface area contributed by atoms with Gasteiger partial charge in [-0.05, 0) is 67.8 Å². The molecule has 0 spiro atoms. The molecular formula is C23H27NO. The highest BCUT2D eigenvalue weighted by atomic mass is 16.5. The first-order valence-electron chi connectivity index (χ1n) is 9.82. The molecule has 2 aliphatic heterocycles. The summed E-state index contributed by atoms with van der Waals surface area (Å²) < 4.78 is 6.87. The highest BCUT2D eigenvalue weighted by Gasteiger charge is 2.40. The molecule has 2 heterocycles. The molecule has 0 saturated carbocycles. The van der Waals surface area contributed by atoms with Crippen LogP contribution in [0.4, 0.5) is 0 Å². The summed E-state index contributed by atoms with van der Waals surface area (Å²) in [6, 6.07) is 19.3. The van der Waals surface area contributed by atoms with Crippen LogP contribution in [0, 0.1) is 0 Å². The maximum Gasteiger partial charge on any atom is 0.108 e. The van der Waals surface area contributed by atoms with E-state index >= 15 is 0 Å². The second-order valence-electron chi connectivity index (χ2n) is 8.06. The van der Waals surface area contributed by atoms with Gasteiger partial charge in [-0.25, -0.2) is 0 Å². The van der Waals surface area contributed by atoms with Gasteiger partial charge in [0.1, 0.15) is 6.10 Å². The Labute approximate surface area is 150 Å². The smallest absolute Gasteiger partial charge is 0.108 e. The van der Waals surface area contributed by atoms with Crippen molar-refractivity contribution in [2.24, 2.45) is 0 Å². The van der Waals surface area contributed by atoms with Crippen molar-refractivity contribution in [2.75, 3.05) is 7.05 Å². The monoisotopic (exact) mass is 333 g/mol. The van der Waals surface area contributed by atoms with Crippen molar-refractivity contribution >= 4 is 0 Å². The van der Waals surface area contributed by atoms with Crippen molar-refractivity contribution in [3.8, 4) is 0 Å². The van der Waals surface area contributed by atoms with E-state index in [2.05, 4.69) is 60.5 Å². The number of fused-ring (bicyclic) bond motifs is 4. The molecule has 2 saturated heterocycles. The predicted octanol–water partition coefficient (Wildman–Crippen LogP) is 4.52. The van der Waals surface area contributed by atoms with E-state index in [1.54, 1.807) is 0 Å². The van der Waals surface area contributed by atoms with Gasteiger partial charge >= 0.3 is 0 Å². The molecule has 25 heavy (non-hydrogen) atoms. The SMILES string of the molecule is CN1[C@@H]2CC[C@H]1C[C@@H](OC1c3ccccc3CCc3ccccc31)C2. The fourth-order valence-corrected chi connectivity index (χ4v) is 5.28. The predicted molar refractivity (Wildman–Crippen MR) is 101 cm³/mol. The van der Waals surface area contributed by atoms with Crippen molar-refractivity contribution in [3.63, 3.8) is 0 Å². The van der Waals surface area contributed by atoms with Crippen molar-refractivity contribution < 1.29 is 4.74 Å². The van der Waals surface area contributed by atoms with Crippen LogP contribution in [-0.2, 0) is 17.6 Å². The van der Waals surface area contributed by atoms with Gasteiger partial charge in [0.05, 0.1) is 6.10 Å². The molecule has 0 unspecified atom stereocenters. The molecule has 3 atom stereocenters. The van der Waals surface area contributed by atoms with Gasteiger partial charge < -0.3 is 9.64 Å². The molecule has 2 aromatic carbocycles. The molecule has 2 fully saturated rings. The number of aryl methyl sites for hydroxylation is 2. The number of ether oxygens (including phenoxy) is 1. The van der Waals surface area contributed by atoms with Crippen LogP contribution in [0.2, 0.25) is 0 Å². The minimum absolute atomic E-state index is 0.0997. The van der Waals surface area contributed by atoms with Gasteiger partial charge in [-0.1, -0.05) is 48.5 Å². The van der Waals surface area contributed by atoms with E-state index in [0.717, 1.165) is 24.9 Å². The van der Waals surface area contributed by atoms with E-state index in [1.165, 1.54) is 47.9 Å². The number of piperidine rings is 1. The van der Waals surface area contributed by atoms with Crippen LogP contribution in [0.5, 0.6) is 0 Å². The minimum Gasteiger partial charge on any atom is -0.365 e. The van der Waals surface area contributed by atoms with E-state index in [0.29, 0.717) is 6.10 Å². The highest BCUT2D eigenvalue weighted by molar-refractivity contribution is 5.43. The van der Waals surface area contributed by atoms with E-state index in [4.69, 9.17) is 4.74 Å². The molecule has 5 rings (SSSR count). The summed E-state index contributed by atoms with van der Waals surface area (Å²) in [6.07, 6.45) is 7.79. The standard InChI is InChI=1S/C23H27NO/c1-24-18-12-13-19(24)15-20(14-18)25-23-21-8-4-2-6-16(21)10-11-17-7-3-5-9-22(17)23/h2-9,18-20,23H,10-15H2,1H3/t18-,19+,20+. The average Bonchev–Trinajstić information content (AvgIpc) is 2.82. The van der Waals surface area contributed by atoms with Crippen molar-refractivity contribution in [1.29, 1.82) is 0 Å². The van der Waals surface area contributed by atoms with Crippen LogP contribution in [0.25, 0.3) is 0 Å². The van der Waals surface area contributed by atoms with Crippen molar-refractivity contribution in [2.45, 2.75) is 62.8 Å². The van der Waals surface area contributed by atoms with Gasteiger partial charge in [0.2, 0.25) is 0 Å². The zero-order valence-electron chi connectivity index (χ0n) is 15.0.